The molecule has 0 saturated heterocycles. The molecule has 0 spiro atoms. The SMILES string of the molecule is C=C/C(Cl)=C(/F)CCCC. The standard InChI is InChI=1S/C8H12ClF/c1-3-5-6-8(10)7(9)4-2/h4H,2-3,5-6H2,1H3/b8-7-. The zero-order valence-corrected chi connectivity index (χ0v) is 6.92. The summed E-state index contributed by atoms with van der Waals surface area (Å²) in [5.74, 6) is -0.251. The molecular weight excluding hydrogens is 151 g/mol. The summed E-state index contributed by atoms with van der Waals surface area (Å²) in [4.78, 5) is 0. The largest absolute Gasteiger partial charge is 0.210 e. The van der Waals surface area contributed by atoms with Crippen LogP contribution < -0.4 is 0 Å². The molecule has 0 radical (unpaired) electrons. The van der Waals surface area contributed by atoms with E-state index in [1.54, 1.807) is 0 Å². The average molecular weight is 163 g/mol. The molecule has 0 aromatic carbocycles. The van der Waals surface area contributed by atoms with Crippen LogP contribution >= 0.6 is 11.6 Å². The van der Waals surface area contributed by atoms with Crippen molar-refractivity contribution >= 4 is 11.6 Å². The van der Waals surface area contributed by atoms with Crippen molar-refractivity contribution in [1.82, 2.24) is 0 Å². The van der Waals surface area contributed by atoms with Crippen molar-refractivity contribution in [3.8, 4) is 0 Å². The molecule has 0 N–H and O–H groups in total. The van der Waals surface area contributed by atoms with E-state index in [-0.39, 0.29) is 10.9 Å². The van der Waals surface area contributed by atoms with Gasteiger partial charge in [0.1, 0.15) is 5.83 Å². The molecule has 0 nitrogen and oxygen atoms in total. The van der Waals surface area contributed by atoms with Gasteiger partial charge in [-0.25, -0.2) is 4.39 Å². The second-order valence-electron chi connectivity index (χ2n) is 2.06. The quantitative estimate of drug-likeness (QED) is 0.552. The van der Waals surface area contributed by atoms with Crippen LogP contribution in [-0.4, -0.2) is 0 Å². The molecule has 0 bridgehead atoms. The highest BCUT2D eigenvalue weighted by Crippen LogP contribution is 2.17. The molecule has 0 heterocycles. The summed E-state index contributed by atoms with van der Waals surface area (Å²) in [6.07, 6.45) is 3.58. The van der Waals surface area contributed by atoms with Crippen LogP contribution in [0.5, 0.6) is 0 Å². The molecule has 0 unspecified atom stereocenters. The van der Waals surface area contributed by atoms with Crippen LogP contribution in [0, 0.1) is 0 Å². The molecular formula is C8H12ClF. The highest BCUT2D eigenvalue weighted by atomic mass is 35.5. The van der Waals surface area contributed by atoms with E-state index in [0.717, 1.165) is 12.8 Å². The van der Waals surface area contributed by atoms with E-state index in [0.29, 0.717) is 6.42 Å². The van der Waals surface area contributed by atoms with E-state index in [1.807, 2.05) is 6.92 Å². The molecule has 0 aliphatic carbocycles. The molecule has 0 atom stereocenters. The number of unbranched alkanes of at least 4 members (excludes halogenated alkanes) is 1. The first-order valence-electron chi connectivity index (χ1n) is 3.39. The summed E-state index contributed by atoms with van der Waals surface area (Å²) in [6, 6.07) is 0. The third-order valence-corrected chi connectivity index (χ3v) is 1.55. The Bertz CT molecular complexity index is 138. The van der Waals surface area contributed by atoms with Gasteiger partial charge in [0.25, 0.3) is 0 Å². The maximum absolute atomic E-state index is 12.7. The topological polar surface area (TPSA) is 0 Å². The molecule has 0 aliphatic rings. The number of hydrogen-bond donors (Lipinski definition) is 0. The summed E-state index contributed by atoms with van der Waals surface area (Å²) >= 11 is 5.44. The zero-order chi connectivity index (χ0) is 7.98. The lowest BCUT2D eigenvalue weighted by Crippen LogP contribution is -1.77. The number of hydrogen-bond acceptors (Lipinski definition) is 0. The fourth-order valence-electron chi connectivity index (χ4n) is 0.562. The molecule has 0 fully saturated rings. The second-order valence-corrected chi connectivity index (χ2v) is 2.47. The number of rotatable bonds is 4. The zero-order valence-electron chi connectivity index (χ0n) is 6.16. The van der Waals surface area contributed by atoms with E-state index >= 15 is 0 Å². The monoisotopic (exact) mass is 162 g/mol. The minimum atomic E-state index is -0.251. The Morgan fingerprint density at radius 3 is 2.70 bits per heavy atom. The maximum atomic E-state index is 12.7. The van der Waals surface area contributed by atoms with Crippen molar-refractivity contribution in [2.24, 2.45) is 0 Å². The maximum Gasteiger partial charge on any atom is 0.118 e. The predicted octanol–water partition coefficient (Wildman–Crippen LogP) is 3.78. The molecule has 0 aliphatic heterocycles. The van der Waals surface area contributed by atoms with E-state index in [1.165, 1.54) is 6.08 Å². The summed E-state index contributed by atoms with van der Waals surface area (Å²) in [5, 5.41) is 0.147. The van der Waals surface area contributed by atoms with Gasteiger partial charge in [0.05, 0.1) is 5.03 Å². The smallest absolute Gasteiger partial charge is 0.118 e. The summed E-state index contributed by atoms with van der Waals surface area (Å²) in [6.45, 7) is 5.37. The third-order valence-electron chi connectivity index (χ3n) is 1.19. The minimum absolute atomic E-state index is 0.147. The van der Waals surface area contributed by atoms with Gasteiger partial charge in [0.2, 0.25) is 0 Å². The van der Waals surface area contributed by atoms with Crippen LogP contribution in [0.3, 0.4) is 0 Å². The molecule has 0 saturated carbocycles. The Morgan fingerprint density at radius 2 is 2.30 bits per heavy atom. The van der Waals surface area contributed by atoms with E-state index in [2.05, 4.69) is 6.58 Å². The van der Waals surface area contributed by atoms with Gasteiger partial charge in [0.15, 0.2) is 0 Å². The molecule has 0 rings (SSSR count). The van der Waals surface area contributed by atoms with E-state index < -0.39 is 0 Å². The van der Waals surface area contributed by atoms with Crippen LogP contribution in [0.1, 0.15) is 26.2 Å². The first kappa shape index (κ1) is 9.70. The van der Waals surface area contributed by atoms with Gasteiger partial charge in [-0.3, -0.25) is 0 Å². The lowest BCUT2D eigenvalue weighted by molar-refractivity contribution is 0.568. The molecule has 0 aromatic heterocycles. The van der Waals surface area contributed by atoms with Crippen molar-refractivity contribution in [1.29, 1.82) is 0 Å². The van der Waals surface area contributed by atoms with Crippen LogP contribution in [0.15, 0.2) is 23.5 Å². The molecule has 58 valence electrons. The van der Waals surface area contributed by atoms with Gasteiger partial charge in [-0.1, -0.05) is 31.5 Å². The van der Waals surface area contributed by atoms with Crippen molar-refractivity contribution in [3.05, 3.63) is 23.5 Å². The van der Waals surface area contributed by atoms with Crippen molar-refractivity contribution < 1.29 is 4.39 Å². The van der Waals surface area contributed by atoms with Crippen LogP contribution in [0.2, 0.25) is 0 Å². The average Bonchev–Trinajstić information content (AvgIpc) is 1.98. The van der Waals surface area contributed by atoms with E-state index in [9.17, 15) is 4.39 Å². The van der Waals surface area contributed by atoms with Crippen molar-refractivity contribution in [2.45, 2.75) is 26.2 Å². The Balaban J connectivity index is 3.79. The second kappa shape index (κ2) is 5.48. The van der Waals surface area contributed by atoms with Crippen LogP contribution in [-0.2, 0) is 0 Å². The molecule has 10 heavy (non-hydrogen) atoms. The highest BCUT2D eigenvalue weighted by Gasteiger charge is 1.98. The van der Waals surface area contributed by atoms with Gasteiger partial charge in [-0.2, -0.15) is 0 Å². The Hall–Kier alpha value is -0.300. The fourth-order valence-corrected chi connectivity index (χ4v) is 0.657. The third kappa shape index (κ3) is 3.67. The van der Waals surface area contributed by atoms with Gasteiger partial charge in [0, 0.05) is 6.42 Å². The lowest BCUT2D eigenvalue weighted by Gasteiger charge is -1.95. The summed E-state index contributed by atoms with van der Waals surface area (Å²) < 4.78 is 12.7. The highest BCUT2D eigenvalue weighted by molar-refractivity contribution is 6.31. The first-order chi connectivity index (χ1) is 4.72. The number of halogens is 2. The summed E-state index contributed by atoms with van der Waals surface area (Å²) in [5.41, 5.74) is 0. The summed E-state index contributed by atoms with van der Waals surface area (Å²) in [7, 11) is 0. The Kier molecular flexibility index (Phi) is 5.32. The molecule has 0 aromatic rings. The van der Waals surface area contributed by atoms with Crippen LogP contribution in [0.4, 0.5) is 4.39 Å². The van der Waals surface area contributed by atoms with Gasteiger partial charge in [-0.05, 0) is 12.5 Å². The van der Waals surface area contributed by atoms with Gasteiger partial charge in [-0.15, -0.1) is 0 Å². The van der Waals surface area contributed by atoms with E-state index in [4.69, 9.17) is 11.6 Å². The first-order valence-corrected chi connectivity index (χ1v) is 3.76. The Morgan fingerprint density at radius 1 is 1.70 bits per heavy atom. The normalized spacial score (nSPS) is 12.7. The van der Waals surface area contributed by atoms with Gasteiger partial charge < -0.3 is 0 Å². The number of allylic oxidation sites excluding steroid dienone is 3. The van der Waals surface area contributed by atoms with Crippen LogP contribution in [0.25, 0.3) is 0 Å². The molecule has 0 amide bonds. The Labute approximate surface area is 66.4 Å². The van der Waals surface area contributed by atoms with Gasteiger partial charge >= 0.3 is 0 Å². The van der Waals surface area contributed by atoms with Crippen molar-refractivity contribution in [3.63, 3.8) is 0 Å². The minimum Gasteiger partial charge on any atom is -0.210 e. The molecule has 2 heteroatoms. The predicted molar refractivity (Wildman–Crippen MR) is 43.7 cm³/mol. The fraction of sp³-hybridized carbons (Fsp3) is 0.500. The van der Waals surface area contributed by atoms with Crippen molar-refractivity contribution in [2.75, 3.05) is 0 Å². The lowest BCUT2D eigenvalue weighted by atomic mass is 10.2.